The quantitative estimate of drug-likeness (QED) is 0.431. The Morgan fingerprint density at radius 3 is 2.61 bits per heavy atom. The van der Waals surface area contributed by atoms with Crippen LogP contribution in [0.1, 0.15) is 0 Å². The molecular formula is C24H19N9. The highest BCUT2D eigenvalue weighted by Crippen LogP contribution is 2.31. The molecule has 9 heteroatoms. The zero-order chi connectivity index (χ0) is 22.4. The number of nitrogens with zero attached hydrogens (tertiary/aromatic N) is 7. The Balaban J connectivity index is 1.48. The molecule has 0 saturated carbocycles. The first kappa shape index (κ1) is 19.1. The monoisotopic (exact) mass is 433 g/mol. The fourth-order valence-electron chi connectivity index (χ4n) is 3.81. The summed E-state index contributed by atoms with van der Waals surface area (Å²) in [7, 11) is 3.98. The van der Waals surface area contributed by atoms with Crippen LogP contribution < -0.4 is 4.90 Å². The van der Waals surface area contributed by atoms with E-state index in [2.05, 4.69) is 47.2 Å². The number of nitrogens with one attached hydrogen (secondary N) is 2. The van der Waals surface area contributed by atoms with Crippen LogP contribution in [0.3, 0.4) is 0 Å². The van der Waals surface area contributed by atoms with E-state index in [1.165, 1.54) is 0 Å². The molecule has 0 unspecified atom stereocenters. The smallest absolute Gasteiger partial charge is 0.159 e. The molecule has 6 rings (SSSR count). The molecule has 6 aromatic rings. The van der Waals surface area contributed by atoms with Gasteiger partial charge in [-0.05, 0) is 30.3 Å². The van der Waals surface area contributed by atoms with E-state index in [1.54, 1.807) is 12.4 Å². The fourth-order valence-corrected chi connectivity index (χ4v) is 3.81. The van der Waals surface area contributed by atoms with Crippen molar-refractivity contribution < 1.29 is 0 Å². The summed E-state index contributed by atoms with van der Waals surface area (Å²) in [6.07, 6.45) is 8.99. The molecule has 0 spiro atoms. The third-order valence-corrected chi connectivity index (χ3v) is 5.52. The largest absolute Gasteiger partial charge is 0.376 e. The van der Waals surface area contributed by atoms with Crippen molar-refractivity contribution in [1.29, 1.82) is 0 Å². The normalized spacial score (nSPS) is 11.3. The van der Waals surface area contributed by atoms with Gasteiger partial charge in [0.1, 0.15) is 16.9 Å². The molecule has 0 fully saturated rings. The lowest BCUT2D eigenvalue weighted by Gasteiger charge is -2.12. The number of rotatable bonds is 4. The highest BCUT2D eigenvalue weighted by molar-refractivity contribution is 5.95. The summed E-state index contributed by atoms with van der Waals surface area (Å²) in [4.78, 5) is 28.1. The van der Waals surface area contributed by atoms with Crippen LogP contribution in [-0.4, -0.2) is 54.2 Å². The topological polar surface area (TPSA) is 112 Å². The number of H-pyrrole nitrogens is 2. The zero-order valence-electron chi connectivity index (χ0n) is 18.0. The van der Waals surface area contributed by atoms with Crippen LogP contribution in [0.5, 0.6) is 0 Å². The van der Waals surface area contributed by atoms with E-state index >= 15 is 0 Å². The Morgan fingerprint density at radius 2 is 1.76 bits per heavy atom. The van der Waals surface area contributed by atoms with E-state index in [0.717, 1.165) is 44.6 Å². The Labute approximate surface area is 188 Å². The van der Waals surface area contributed by atoms with Crippen molar-refractivity contribution in [2.24, 2.45) is 0 Å². The highest BCUT2D eigenvalue weighted by Gasteiger charge is 2.17. The van der Waals surface area contributed by atoms with Gasteiger partial charge in [0.15, 0.2) is 11.5 Å². The number of hydrogen-bond acceptors (Lipinski definition) is 7. The number of fused-ring (bicyclic) bond motifs is 2. The van der Waals surface area contributed by atoms with Gasteiger partial charge in [-0.15, -0.1) is 0 Å². The molecule has 2 N–H and O–H groups in total. The van der Waals surface area contributed by atoms with Crippen molar-refractivity contribution in [3.63, 3.8) is 0 Å². The minimum absolute atomic E-state index is 0.639. The van der Waals surface area contributed by atoms with E-state index in [9.17, 15) is 0 Å². The molecule has 160 valence electrons. The maximum atomic E-state index is 4.83. The van der Waals surface area contributed by atoms with Gasteiger partial charge in [-0.2, -0.15) is 5.10 Å². The summed E-state index contributed by atoms with van der Waals surface area (Å²) >= 11 is 0. The SMILES string of the molecule is CN(C)c1cncc(-c2cnc3[nH]nc(-c4nc5c(-c6ccccn6)nccc5[nH]4)c3c2)c1. The molecular weight excluding hydrogens is 414 g/mol. The first-order chi connectivity index (χ1) is 16.2. The van der Waals surface area contributed by atoms with Crippen LogP contribution in [0.2, 0.25) is 0 Å². The van der Waals surface area contributed by atoms with Gasteiger partial charge in [0.25, 0.3) is 0 Å². The van der Waals surface area contributed by atoms with E-state index in [0.29, 0.717) is 17.2 Å². The van der Waals surface area contributed by atoms with Crippen LogP contribution >= 0.6 is 0 Å². The van der Waals surface area contributed by atoms with Crippen molar-refractivity contribution in [3.05, 3.63) is 67.4 Å². The van der Waals surface area contributed by atoms with Crippen molar-refractivity contribution in [2.75, 3.05) is 19.0 Å². The summed E-state index contributed by atoms with van der Waals surface area (Å²) in [5, 5.41) is 8.38. The van der Waals surface area contributed by atoms with Gasteiger partial charge in [0, 0.05) is 50.0 Å². The van der Waals surface area contributed by atoms with Crippen molar-refractivity contribution in [3.8, 4) is 34.0 Å². The van der Waals surface area contributed by atoms with Crippen LogP contribution in [0.15, 0.2) is 67.4 Å². The Bertz CT molecular complexity index is 1600. The van der Waals surface area contributed by atoms with Crippen molar-refractivity contribution >= 4 is 27.8 Å². The van der Waals surface area contributed by atoms with Gasteiger partial charge in [0.2, 0.25) is 0 Å². The summed E-state index contributed by atoms with van der Waals surface area (Å²) in [5.41, 5.74) is 7.44. The zero-order valence-corrected chi connectivity index (χ0v) is 18.0. The number of imidazole rings is 1. The molecule has 0 bridgehead atoms. The molecule has 0 aliphatic heterocycles. The number of aromatic nitrogens is 8. The van der Waals surface area contributed by atoms with Gasteiger partial charge in [-0.1, -0.05) is 6.07 Å². The maximum Gasteiger partial charge on any atom is 0.159 e. The molecule has 0 radical (unpaired) electrons. The third-order valence-electron chi connectivity index (χ3n) is 5.52. The number of pyridine rings is 4. The Kier molecular flexibility index (Phi) is 4.32. The number of hydrogen-bond donors (Lipinski definition) is 2. The summed E-state index contributed by atoms with van der Waals surface area (Å²) < 4.78 is 0. The molecule has 0 aromatic carbocycles. The minimum Gasteiger partial charge on any atom is -0.376 e. The fraction of sp³-hybridized carbons (Fsp3) is 0.0833. The predicted octanol–water partition coefficient (Wildman–Crippen LogP) is 4.09. The standard InChI is InChI=1S/C24H19N9/c1-33(2)16-9-14(11-25-13-16)15-10-17-20(31-32-23(17)28-12-15)24-29-19-6-8-27-21(22(19)30-24)18-5-3-4-7-26-18/h3-13H,1-2H3,(H,29,30)(H,28,31,32). The molecule has 0 aliphatic rings. The van der Waals surface area contributed by atoms with E-state index in [-0.39, 0.29) is 0 Å². The molecule has 6 heterocycles. The second kappa shape index (κ2) is 7.49. The second-order valence-electron chi connectivity index (χ2n) is 7.87. The average Bonchev–Trinajstić information content (AvgIpc) is 3.48. The van der Waals surface area contributed by atoms with Crippen molar-refractivity contribution in [2.45, 2.75) is 0 Å². The number of aromatic amines is 2. The van der Waals surface area contributed by atoms with Crippen LogP contribution in [0.25, 0.3) is 56.1 Å². The molecule has 33 heavy (non-hydrogen) atoms. The summed E-state index contributed by atoms with van der Waals surface area (Å²) in [6.45, 7) is 0. The van der Waals surface area contributed by atoms with E-state index < -0.39 is 0 Å². The van der Waals surface area contributed by atoms with Gasteiger partial charge in [-0.25, -0.2) is 9.97 Å². The van der Waals surface area contributed by atoms with Crippen LogP contribution in [0.4, 0.5) is 5.69 Å². The molecule has 0 amide bonds. The predicted molar refractivity (Wildman–Crippen MR) is 128 cm³/mol. The number of anilines is 1. The lowest BCUT2D eigenvalue weighted by atomic mass is 10.1. The second-order valence-corrected chi connectivity index (χ2v) is 7.87. The van der Waals surface area contributed by atoms with Gasteiger partial charge in [-0.3, -0.25) is 20.1 Å². The molecule has 0 atom stereocenters. The van der Waals surface area contributed by atoms with E-state index in [1.807, 2.05) is 61.9 Å². The van der Waals surface area contributed by atoms with Gasteiger partial charge >= 0.3 is 0 Å². The average molecular weight is 433 g/mol. The minimum atomic E-state index is 0.639. The first-order valence-corrected chi connectivity index (χ1v) is 10.4. The van der Waals surface area contributed by atoms with Gasteiger partial charge in [0.05, 0.1) is 28.5 Å². The molecule has 0 saturated heterocycles. The Morgan fingerprint density at radius 1 is 0.848 bits per heavy atom. The lowest BCUT2D eigenvalue weighted by molar-refractivity contribution is 1.09. The highest BCUT2D eigenvalue weighted by atomic mass is 15.2. The molecule has 0 aliphatic carbocycles. The molecule has 6 aromatic heterocycles. The Hall–Kier alpha value is -4.66. The third kappa shape index (κ3) is 3.26. The first-order valence-electron chi connectivity index (χ1n) is 10.4. The summed E-state index contributed by atoms with van der Waals surface area (Å²) in [6, 6.07) is 11.8. The molecule has 9 nitrogen and oxygen atoms in total. The lowest BCUT2D eigenvalue weighted by Crippen LogP contribution is -2.08. The van der Waals surface area contributed by atoms with Crippen LogP contribution in [-0.2, 0) is 0 Å². The van der Waals surface area contributed by atoms with Crippen molar-refractivity contribution in [1.82, 2.24) is 40.1 Å². The van der Waals surface area contributed by atoms with Crippen LogP contribution in [0, 0.1) is 0 Å². The van der Waals surface area contributed by atoms with Gasteiger partial charge < -0.3 is 9.88 Å². The summed E-state index contributed by atoms with van der Waals surface area (Å²) in [5.74, 6) is 0.639. The van der Waals surface area contributed by atoms with E-state index in [4.69, 9.17) is 4.98 Å². The maximum absolute atomic E-state index is 4.83.